The number of carbonyl (C=O) groups excluding carboxylic acids is 1. The molecule has 2 atom stereocenters. The lowest BCUT2D eigenvalue weighted by molar-refractivity contribution is 0.0513. The molecule has 2 unspecified atom stereocenters. The van der Waals surface area contributed by atoms with Crippen LogP contribution in [-0.2, 0) is 13.5 Å². The minimum absolute atomic E-state index is 0.0269. The molecular formula is C27H27FN4O. The standard InChI is InChI=1S/C27H27FN4O/c1-4-21-16-22-25(30-31(3)26(22)17-8-11-20(28)12-9-17)24(5-2)32(21)27(33)19-10-13-23-18(15-19)7-6-14-29-23/h6-15,21,24H,4-5,16H2,1-3H3. The van der Waals surface area contributed by atoms with Gasteiger partial charge in [0.1, 0.15) is 5.82 Å². The second-order valence-electron chi connectivity index (χ2n) is 8.66. The zero-order valence-electron chi connectivity index (χ0n) is 19.1. The third kappa shape index (κ3) is 3.59. The van der Waals surface area contributed by atoms with Gasteiger partial charge in [-0.15, -0.1) is 0 Å². The second kappa shape index (κ2) is 8.43. The number of pyridine rings is 1. The van der Waals surface area contributed by atoms with Crippen LogP contribution in [0.5, 0.6) is 0 Å². The molecule has 2 aromatic carbocycles. The van der Waals surface area contributed by atoms with Crippen LogP contribution in [0.25, 0.3) is 22.2 Å². The number of amides is 1. The highest BCUT2D eigenvalue weighted by atomic mass is 19.1. The molecule has 5 nitrogen and oxygen atoms in total. The molecule has 33 heavy (non-hydrogen) atoms. The SMILES string of the molecule is CCC1Cc2c(nn(C)c2-c2ccc(F)cc2)C(CC)N1C(=O)c1ccc2ncccc2c1. The van der Waals surface area contributed by atoms with Crippen molar-refractivity contribution in [2.75, 3.05) is 0 Å². The summed E-state index contributed by atoms with van der Waals surface area (Å²) in [5.41, 5.74) is 5.60. The van der Waals surface area contributed by atoms with Crippen LogP contribution in [-0.4, -0.2) is 31.6 Å². The van der Waals surface area contributed by atoms with Crippen molar-refractivity contribution in [3.63, 3.8) is 0 Å². The topological polar surface area (TPSA) is 51.0 Å². The Morgan fingerprint density at radius 3 is 2.61 bits per heavy atom. The summed E-state index contributed by atoms with van der Waals surface area (Å²) in [5, 5.41) is 5.82. The summed E-state index contributed by atoms with van der Waals surface area (Å²) in [7, 11) is 1.92. The lowest BCUT2D eigenvalue weighted by Crippen LogP contribution is -2.47. The maximum atomic E-state index is 13.8. The number of carbonyl (C=O) groups is 1. The zero-order valence-corrected chi connectivity index (χ0v) is 19.1. The summed E-state index contributed by atoms with van der Waals surface area (Å²) in [6, 6.07) is 16.1. The molecule has 0 bridgehead atoms. The Labute approximate surface area is 192 Å². The Hall–Kier alpha value is -3.54. The van der Waals surface area contributed by atoms with Gasteiger partial charge in [-0.05, 0) is 67.8 Å². The first kappa shape index (κ1) is 21.3. The fourth-order valence-corrected chi connectivity index (χ4v) is 5.14. The normalized spacial score (nSPS) is 17.9. The average molecular weight is 443 g/mol. The van der Waals surface area contributed by atoms with E-state index in [1.807, 2.05) is 47.0 Å². The third-order valence-corrected chi connectivity index (χ3v) is 6.72. The molecule has 4 aromatic rings. The number of aryl methyl sites for hydroxylation is 1. The number of fused-ring (bicyclic) bond motifs is 2. The molecule has 168 valence electrons. The third-order valence-electron chi connectivity index (χ3n) is 6.72. The summed E-state index contributed by atoms with van der Waals surface area (Å²) < 4.78 is 15.4. The van der Waals surface area contributed by atoms with Gasteiger partial charge in [-0.1, -0.05) is 19.9 Å². The van der Waals surface area contributed by atoms with Crippen LogP contribution >= 0.6 is 0 Å². The van der Waals surface area contributed by atoms with E-state index in [9.17, 15) is 9.18 Å². The highest BCUT2D eigenvalue weighted by Gasteiger charge is 2.40. The van der Waals surface area contributed by atoms with Crippen LogP contribution in [0.1, 0.15) is 54.3 Å². The van der Waals surface area contributed by atoms with Crippen molar-refractivity contribution in [3.8, 4) is 11.3 Å². The van der Waals surface area contributed by atoms with Crippen LogP contribution in [0.15, 0.2) is 60.8 Å². The largest absolute Gasteiger partial charge is 0.327 e. The van der Waals surface area contributed by atoms with Gasteiger partial charge in [-0.3, -0.25) is 14.5 Å². The molecule has 1 amide bonds. The molecule has 0 saturated carbocycles. The molecule has 0 spiro atoms. The van der Waals surface area contributed by atoms with Crippen LogP contribution in [0, 0.1) is 5.82 Å². The number of benzene rings is 2. The molecule has 6 heteroatoms. The Kier molecular flexibility index (Phi) is 5.44. The van der Waals surface area contributed by atoms with Crippen molar-refractivity contribution in [3.05, 3.63) is 83.4 Å². The number of nitrogens with zero attached hydrogens (tertiary/aromatic N) is 4. The number of aromatic nitrogens is 3. The quantitative estimate of drug-likeness (QED) is 0.407. The van der Waals surface area contributed by atoms with Crippen LogP contribution < -0.4 is 0 Å². The van der Waals surface area contributed by atoms with Crippen molar-refractivity contribution < 1.29 is 9.18 Å². The van der Waals surface area contributed by atoms with Crippen molar-refractivity contribution in [2.45, 2.75) is 45.2 Å². The van der Waals surface area contributed by atoms with E-state index in [4.69, 9.17) is 5.10 Å². The van der Waals surface area contributed by atoms with Gasteiger partial charge in [0.05, 0.1) is 22.9 Å². The van der Waals surface area contributed by atoms with Gasteiger partial charge in [0.25, 0.3) is 5.91 Å². The van der Waals surface area contributed by atoms with Gasteiger partial charge in [0, 0.05) is 41.4 Å². The average Bonchev–Trinajstić information content (AvgIpc) is 3.17. The molecule has 3 heterocycles. The second-order valence-corrected chi connectivity index (χ2v) is 8.66. The van der Waals surface area contributed by atoms with E-state index in [0.717, 1.165) is 52.7 Å². The van der Waals surface area contributed by atoms with Crippen LogP contribution in [0.3, 0.4) is 0 Å². The summed E-state index contributed by atoms with van der Waals surface area (Å²) >= 11 is 0. The Balaban J connectivity index is 1.58. The Morgan fingerprint density at radius 2 is 1.88 bits per heavy atom. The Bertz CT molecular complexity index is 1330. The van der Waals surface area contributed by atoms with Gasteiger partial charge in [0.2, 0.25) is 0 Å². The Morgan fingerprint density at radius 1 is 1.09 bits per heavy atom. The molecule has 0 radical (unpaired) electrons. The highest BCUT2D eigenvalue weighted by Crippen LogP contribution is 2.41. The van der Waals surface area contributed by atoms with E-state index >= 15 is 0 Å². The van der Waals surface area contributed by atoms with Gasteiger partial charge in [-0.25, -0.2) is 4.39 Å². The molecular weight excluding hydrogens is 415 g/mol. The monoisotopic (exact) mass is 442 g/mol. The molecule has 2 aromatic heterocycles. The van der Waals surface area contributed by atoms with Gasteiger partial charge in [-0.2, -0.15) is 5.10 Å². The van der Waals surface area contributed by atoms with Gasteiger partial charge < -0.3 is 4.90 Å². The van der Waals surface area contributed by atoms with Crippen LogP contribution in [0.2, 0.25) is 0 Å². The molecule has 1 aliphatic rings. The summed E-state index contributed by atoms with van der Waals surface area (Å²) in [4.78, 5) is 20.2. The number of rotatable bonds is 4. The molecule has 0 aliphatic carbocycles. The van der Waals surface area contributed by atoms with Crippen molar-refractivity contribution >= 4 is 16.8 Å². The lowest BCUT2D eigenvalue weighted by Gasteiger charge is -2.41. The highest BCUT2D eigenvalue weighted by molar-refractivity contribution is 5.98. The maximum Gasteiger partial charge on any atom is 0.254 e. The van der Waals surface area contributed by atoms with E-state index in [1.54, 1.807) is 18.3 Å². The number of hydrogen-bond acceptors (Lipinski definition) is 3. The molecule has 0 fully saturated rings. The van der Waals surface area contributed by atoms with E-state index in [1.165, 1.54) is 12.1 Å². The zero-order chi connectivity index (χ0) is 23.1. The molecule has 1 aliphatic heterocycles. The van der Waals surface area contributed by atoms with Crippen LogP contribution in [0.4, 0.5) is 4.39 Å². The van der Waals surface area contributed by atoms with Crippen molar-refractivity contribution in [1.82, 2.24) is 19.7 Å². The molecule has 5 rings (SSSR count). The fraction of sp³-hybridized carbons (Fsp3) is 0.296. The summed E-state index contributed by atoms with van der Waals surface area (Å²) in [5.74, 6) is -0.228. The predicted octanol–water partition coefficient (Wildman–Crippen LogP) is 5.70. The lowest BCUT2D eigenvalue weighted by atomic mass is 9.87. The fourth-order valence-electron chi connectivity index (χ4n) is 5.14. The smallest absolute Gasteiger partial charge is 0.254 e. The first-order chi connectivity index (χ1) is 16.0. The van der Waals surface area contributed by atoms with Gasteiger partial charge >= 0.3 is 0 Å². The number of halogens is 1. The van der Waals surface area contributed by atoms with Crippen molar-refractivity contribution in [2.24, 2.45) is 7.05 Å². The molecule has 0 saturated heterocycles. The summed E-state index contributed by atoms with van der Waals surface area (Å²) in [6.07, 6.45) is 4.10. The van der Waals surface area contributed by atoms with E-state index in [-0.39, 0.29) is 23.8 Å². The minimum atomic E-state index is -0.255. The van der Waals surface area contributed by atoms with Gasteiger partial charge in [0.15, 0.2) is 0 Å². The maximum absolute atomic E-state index is 13.8. The predicted molar refractivity (Wildman–Crippen MR) is 127 cm³/mol. The molecule has 0 N–H and O–H groups in total. The first-order valence-electron chi connectivity index (χ1n) is 11.5. The first-order valence-corrected chi connectivity index (χ1v) is 11.5. The minimum Gasteiger partial charge on any atom is -0.327 e. The van der Waals surface area contributed by atoms with E-state index in [0.29, 0.717) is 5.56 Å². The number of hydrogen-bond donors (Lipinski definition) is 0. The van der Waals surface area contributed by atoms with E-state index < -0.39 is 0 Å². The van der Waals surface area contributed by atoms with E-state index in [2.05, 4.69) is 18.8 Å². The summed E-state index contributed by atoms with van der Waals surface area (Å²) in [6.45, 7) is 4.23. The van der Waals surface area contributed by atoms with Crippen molar-refractivity contribution in [1.29, 1.82) is 0 Å².